The molecule has 0 aliphatic rings. The highest BCUT2D eigenvalue weighted by Gasteiger charge is 2.24. The van der Waals surface area contributed by atoms with Crippen molar-refractivity contribution in [2.24, 2.45) is 7.05 Å². The predicted octanol–water partition coefficient (Wildman–Crippen LogP) is 2.35. The predicted molar refractivity (Wildman–Crippen MR) is 138 cm³/mol. The van der Waals surface area contributed by atoms with Gasteiger partial charge in [0.1, 0.15) is 5.82 Å². The SMILES string of the molecule is CCN(CC)CCCS(=O)(=O)N[C@H](CCc1ccccc1)c1nc(CNC(=O)NC(C)C)nn1C. The summed E-state index contributed by atoms with van der Waals surface area (Å²) in [6.45, 7) is 10.6. The van der Waals surface area contributed by atoms with E-state index in [0.717, 1.165) is 25.2 Å². The van der Waals surface area contributed by atoms with Crippen molar-refractivity contribution in [3.05, 3.63) is 47.5 Å². The van der Waals surface area contributed by atoms with Gasteiger partial charge in [-0.15, -0.1) is 0 Å². The quantitative estimate of drug-likeness (QED) is 0.340. The fraction of sp³-hybridized carbons (Fsp3) is 0.625. The molecule has 2 amide bonds. The van der Waals surface area contributed by atoms with E-state index in [9.17, 15) is 13.2 Å². The highest BCUT2D eigenvalue weighted by molar-refractivity contribution is 7.89. The van der Waals surface area contributed by atoms with Crippen molar-refractivity contribution in [1.82, 2.24) is 35.0 Å². The number of aryl methyl sites for hydroxylation is 2. The zero-order chi connectivity index (χ0) is 25.8. The summed E-state index contributed by atoms with van der Waals surface area (Å²) in [6, 6.07) is 9.11. The Bertz CT molecular complexity index is 1010. The molecule has 3 N–H and O–H groups in total. The molecular weight excluding hydrogens is 466 g/mol. The van der Waals surface area contributed by atoms with Crippen LogP contribution in [0.25, 0.3) is 0 Å². The van der Waals surface area contributed by atoms with Gasteiger partial charge in [0.2, 0.25) is 10.0 Å². The summed E-state index contributed by atoms with van der Waals surface area (Å²) >= 11 is 0. The molecule has 0 fully saturated rings. The zero-order valence-corrected chi connectivity index (χ0v) is 22.4. The van der Waals surface area contributed by atoms with E-state index in [0.29, 0.717) is 30.9 Å². The summed E-state index contributed by atoms with van der Waals surface area (Å²) in [6.07, 6.45) is 1.78. The highest BCUT2D eigenvalue weighted by Crippen LogP contribution is 2.19. The van der Waals surface area contributed by atoms with Gasteiger partial charge >= 0.3 is 6.03 Å². The number of carbonyl (C=O) groups excluding carboxylic acids is 1. The van der Waals surface area contributed by atoms with E-state index in [-0.39, 0.29) is 24.4 Å². The first-order chi connectivity index (χ1) is 16.6. The second-order valence-corrected chi connectivity index (χ2v) is 10.8. The molecule has 2 aromatic rings. The molecule has 0 saturated carbocycles. The van der Waals surface area contributed by atoms with Crippen LogP contribution in [0.4, 0.5) is 4.79 Å². The molecule has 0 bridgehead atoms. The third kappa shape index (κ3) is 10.3. The molecule has 0 aliphatic carbocycles. The lowest BCUT2D eigenvalue weighted by Gasteiger charge is -2.20. The summed E-state index contributed by atoms with van der Waals surface area (Å²) in [5.41, 5.74) is 1.12. The number of aromatic nitrogens is 3. The van der Waals surface area contributed by atoms with Crippen LogP contribution in [-0.4, -0.2) is 65.5 Å². The molecule has 1 atom stereocenters. The summed E-state index contributed by atoms with van der Waals surface area (Å²) in [7, 11) is -1.79. The third-order valence-corrected chi connectivity index (χ3v) is 7.12. The van der Waals surface area contributed by atoms with Crippen LogP contribution < -0.4 is 15.4 Å². The van der Waals surface area contributed by atoms with Crippen LogP contribution in [0.3, 0.4) is 0 Å². The Hall–Kier alpha value is -2.50. The molecule has 35 heavy (non-hydrogen) atoms. The minimum atomic E-state index is -3.53. The molecule has 0 radical (unpaired) electrons. The average Bonchev–Trinajstić information content (AvgIpc) is 3.18. The van der Waals surface area contributed by atoms with Crippen molar-refractivity contribution in [3.8, 4) is 0 Å². The number of rotatable bonds is 15. The van der Waals surface area contributed by atoms with Crippen LogP contribution in [0.2, 0.25) is 0 Å². The van der Waals surface area contributed by atoms with Gasteiger partial charge in [-0.25, -0.2) is 22.9 Å². The summed E-state index contributed by atoms with van der Waals surface area (Å²) < 4.78 is 30.4. The van der Waals surface area contributed by atoms with E-state index in [2.05, 4.69) is 44.2 Å². The second kappa shape index (κ2) is 14.2. The minimum absolute atomic E-state index is 0.0146. The van der Waals surface area contributed by atoms with Crippen molar-refractivity contribution in [2.75, 3.05) is 25.4 Å². The van der Waals surface area contributed by atoms with Gasteiger partial charge in [0, 0.05) is 13.1 Å². The molecule has 0 unspecified atom stereocenters. The summed E-state index contributed by atoms with van der Waals surface area (Å²) in [5, 5.41) is 9.89. The molecule has 10 nitrogen and oxygen atoms in total. The average molecular weight is 508 g/mol. The van der Waals surface area contributed by atoms with Gasteiger partial charge in [-0.05, 0) is 58.3 Å². The number of carbonyl (C=O) groups is 1. The van der Waals surface area contributed by atoms with Crippen LogP contribution in [0.15, 0.2) is 30.3 Å². The van der Waals surface area contributed by atoms with Crippen LogP contribution in [0.1, 0.15) is 63.8 Å². The Morgan fingerprint density at radius 1 is 1.14 bits per heavy atom. The van der Waals surface area contributed by atoms with Gasteiger partial charge in [-0.3, -0.25) is 4.68 Å². The molecule has 0 saturated heterocycles. The van der Waals surface area contributed by atoms with E-state index in [1.54, 1.807) is 11.7 Å². The Morgan fingerprint density at radius 3 is 2.46 bits per heavy atom. The molecule has 0 aliphatic heterocycles. The maximum atomic E-state index is 13.0. The topological polar surface area (TPSA) is 121 Å². The van der Waals surface area contributed by atoms with Gasteiger partial charge < -0.3 is 15.5 Å². The van der Waals surface area contributed by atoms with E-state index >= 15 is 0 Å². The Kier molecular flexibility index (Phi) is 11.6. The molecule has 196 valence electrons. The van der Waals surface area contributed by atoms with E-state index < -0.39 is 16.1 Å². The van der Waals surface area contributed by atoms with E-state index in [1.807, 2.05) is 44.2 Å². The fourth-order valence-electron chi connectivity index (χ4n) is 3.79. The normalized spacial score (nSPS) is 12.8. The van der Waals surface area contributed by atoms with Gasteiger partial charge in [0.15, 0.2) is 5.82 Å². The van der Waals surface area contributed by atoms with E-state index in [1.165, 1.54) is 0 Å². The lowest BCUT2D eigenvalue weighted by atomic mass is 10.1. The molecule has 1 aromatic heterocycles. The number of sulfonamides is 1. The van der Waals surface area contributed by atoms with Crippen LogP contribution >= 0.6 is 0 Å². The van der Waals surface area contributed by atoms with Gasteiger partial charge in [0.05, 0.1) is 18.3 Å². The molecule has 2 rings (SSSR count). The molecule has 1 heterocycles. The van der Waals surface area contributed by atoms with Crippen LogP contribution in [-0.2, 0) is 30.0 Å². The van der Waals surface area contributed by atoms with E-state index in [4.69, 9.17) is 0 Å². The summed E-state index contributed by atoms with van der Waals surface area (Å²) in [4.78, 5) is 18.7. The maximum Gasteiger partial charge on any atom is 0.315 e. The minimum Gasteiger partial charge on any atom is -0.336 e. The van der Waals surface area contributed by atoms with Gasteiger partial charge in [0.25, 0.3) is 0 Å². The number of nitrogens with one attached hydrogen (secondary N) is 3. The maximum absolute atomic E-state index is 13.0. The Morgan fingerprint density at radius 2 is 1.83 bits per heavy atom. The standard InChI is InChI=1S/C24H41N7O3S/c1-6-31(7-2)16-11-17-35(33,34)29-21(15-14-20-12-9-8-10-13-20)23-27-22(28-30(23)5)18-25-24(32)26-19(3)4/h8-10,12-13,19,21,29H,6-7,11,14-18H2,1-5H3,(H2,25,26,32)/t21-/m1/s1. The monoisotopic (exact) mass is 507 g/mol. The number of urea groups is 1. The first kappa shape index (κ1) is 28.7. The van der Waals surface area contributed by atoms with Gasteiger partial charge in [-0.1, -0.05) is 44.2 Å². The molecule has 11 heteroatoms. The number of hydrogen-bond acceptors (Lipinski definition) is 6. The molecular formula is C24H41N7O3S. The van der Waals surface area contributed by atoms with Crippen molar-refractivity contribution in [3.63, 3.8) is 0 Å². The smallest absolute Gasteiger partial charge is 0.315 e. The Balaban J connectivity index is 2.13. The number of nitrogens with zero attached hydrogens (tertiary/aromatic N) is 4. The van der Waals surface area contributed by atoms with Crippen molar-refractivity contribution >= 4 is 16.1 Å². The highest BCUT2D eigenvalue weighted by atomic mass is 32.2. The lowest BCUT2D eigenvalue weighted by Crippen LogP contribution is -2.39. The molecule has 1 aromatic carbocycles. The second-order valence-electron chi connectivity index (χ2n) is 8.89. The fourth-order valence-corrected chi connectivity index (χ4v) is 5.08. The number of amides is 2. The number of hydrogen-bond donors (Lipinski definition) is 3. The molecule has 0 spiro atoms. The number of benzene rings is 1. The van der Waals surface area contributed by atoms with Crippen molar-refractivity contribution in [2.45, 2.75) is 65.6 Å². The van der Waals surface area contributed by atoms with Crippen LogP contribution in [0, 0.1) is 0 Å². The first-order valence-electron chi connectivity index (χ1n) is 12.3. The zero-order valence-electron chi connectivity index (χ0n) is 21.6. The lowest BCUT2D eigenvalue weighted by molar-refractivity contribution is 0.238. The largest absolute Gasteiger partial charge is 0.336 e. The van der Waals surface area contributed by atoms with Crippen molar-refractivity contribution < 1.29 is 13.2 Å². The van der Waals surface area contributed by atoms with Crippen molar-refractivity contribution in [1.29, 1.82) is 0 Å². The third-order valence-electron chi connectivity index (χ3n) is 5.65. The summed E-state index contributed by atoms with van der Waals surface area (Å²) in [5.74, 6) is 0.994. The van der Waals surface area contributed by atoms with Gasteiger partial charge in [-0.2, -0.15) is 5.10 Å². The Labute approximate surface area is 209 Å². The van der Waals surface area contributed by atoms with Crippen LogP contribution in [0.5, 0.6) is 0 Å². The first-order valence-corrected chi connectivity index (χ1v) is 14.0.